The number of fused-ring (bicyclic) bond motifs is 1. The molecule has 0 saturated heterocycles. The van der Waals surface area contributed by atoms with Gasteiger partial charge in [0.2, 0.25) is 0 Å². The van der Waals surface area contributed by atoms with Crippen molar-refractivity contribution in [2.24, 2.45) is 0 Å². The first kappa shape index (κ1) is 9.97. The van der Waals surface area contributed by atoms with E-state index >= 15 is 0 Å². The molecule has 0 saturated carbocycles. The van der Waals surface area contributed by atoms with Crippen molar-refractivity contribution < 1.29 is 14.6 Å². The molecule has 0 bridgehead atoms. The number of nitrogens with zero attached hydrogens (tertiary/aromatic N) is 1. The number of aromatic nitrogens is 2. The number of ether oxygens (including phenoxy) is 1. The van der Waals surface area contributed by atoms with Gasteiger partial charge in [0.05, 0.1) is 12.7 Å². The third-order valence-electron chi connectivity index (χ3n) is 2.04. The Balaban J connectivity index is 2.79. The maximum atomic E-state index is 10.8. The summed E-state index contributed by atoms with van der Waals surface area (Å²) in [6, 6.07) is 2.98. The highest BCUT2D eigenvalue weighted by Gasteiger charge is 2.13. The van der Waals surface area contributed by atoms with E-state index in [4.69, 9.17) is 9.84 Å². The Bertz CT molecular complexity index is 535. The lowest BCUT2D eigenvalue weighted by Gasteiger charge is -2.02. The van der Waals surface area contributed by atoms with Crippen molar-refractivity contribution in [3.63, 3.8) is 0 Å². The summed E-state index contributed by atoms with van der Waals surface area (Å²) in [7, 11) is 1.48. The zero-order valence-electron chi connectivity index (χ0n) is 7.74. The van der Waals surface area contributed by atoms with Crippen LogP contribution in [0.3, 0.4) is 0 Å². The maximum absolute atomic E-state index is 10.8. The number of hydrogen-bond acceptors (Lipinski definition) is 3. The van der Waals surface area contributed by atoms with Gasteiger partial charge in [-0.25, -0.2) is 4.79 Å². The van der Waals surface area contributed by atoms with Crippen LogP contribution >= 0.6 is 15.9 Å². The predicted molar refractivity (Wildman–Crippen MR) is 57.3 cm³/mol. The first-order valence-corrected chi connectivity index (χ1v) is 4.87. The lowest BCUT2D eigenvalue weighted by molar-refractivity contribution is 0.0696. The minimum Gasteiger partial charge on any atom is -0.494 e. The van der Waals surface area contributed by atoms with Crippen molar-refractivity contribution in [2.45, 2.75) is 0 Å². The number of carboxylic acid groups (broad SMARTS) is 1. The number of halogens is 1. The number of hydrogen-bond donors (Lipinski definition) is 2. The van der Waals surface area contributed by atoms with Crippen molar-refractivity contribution in [3.8, 4) is 5.75 Å². The number of carboxylic acids is 1. The summed E-state index contributed by atoms with van der Waals surface area (Å²) < 4.78 is 5.70. The summed E-state index contributed by atoms with van der Waals surface area (Å²) in [6.07, 6.45) is 0. The van der Waals surface area contributed by atoms with Crippen LogP contribution in [0.5, 0.6) is 5.75 Å². The number of rotatable bonds is 2. The van der Waals surface area contributed by atoms with Gasteiger partial charge in [-0.05, 0) is 28.1 Å². The molecule has 2 N–H and O–H groups in total. The number of aromatic amines is 1. The highest BCUT2D eigenvalue weighted by atomic mass is 79.9. The average Bonchev–Trinajstić information content (AvgIpc) is 2.59. The molecule has 0 aliphatic carbocycles. The maximum Gasteiger partial charge on any atom is 0.335 e. The third-order valence-corrected chi connectivity index (χ3v) is 2.65. The molecule has 2 rings (SSSR count). The van der Waals surface area contributed by atoms with Gasteiger partial charge in [-0.2, -0.15) is 5.10 Å². The van der Waals surface area contributed by atoms with Crippen LogP contribution < -0.4 is 4.74 Å². The summed E-state index contributed by atoms with van der Waals surface area (Å²) in [5.74, 6) is -0.560. The number of aromatic carboxylic acids is 1. The Morgan fingerprint density at radius 3 is 2.93 bits per heavy atom. The summed E-state index contributed by atoms with van der Waals surface area (Å²) in [5.41, 5.74) is 0.774. The van der Waals surface area contributed by atoms with Gasteiger partial charge in [-0.1, -0.05) is 0 Å². The van der Waals surface area contributed by atoms with Crippen LogP contribution in [0.25, 0.3) is 10.9 Å². The molecule has 6 heteroatoms. The lowest BCUT2D eigenvalue weighted by atomic mass is 10.1. The Morgan fingerprint density at radius 1 is 1.60 bits per heavy atom. The fraction of sp³-hybridized carbons (Fsp3) is 0.111. The fourth-order valence-corrected chi connectivity index (χ4v) is 1.73. The first-order valence-electron chi connectivity index (χ1n) is 4.08. The zero-order chi connectivity index (χ0) is 11.0. The smallest absolute Gasteiger partial charge is 0.335 e. The van der Waals surface area contributed by atoms with E-state index in [9.17, 15) is 4.79 Å². The molecule has 0 spiro atoms. The number of benzene rings is 1. The van der Waals surface area contributed by atoms with E-state index in [1.165, 1.54) is 19.2 Å². The van der Waals surface area contributed by atoms with Gasteiger partial charge >= 0.3 is 5.97 Å². The van der Waals surface area contributed by atoms with Gasteiger partial charge in [-0.15, -0.1) is 0 Å². The molecule has 1 aromatic carbocycles. The van der Waals surface area contributed by atoms with Crippen LogP contribution in [0.4, 0.5) is 0 Å². The highest BCUT2D eigenvalue weighted by molar-refractivity contribution is 9.10. The van der Waals surface area contributed by atoms with Crippen molar-refractivity contribution in [2.75, 3.05) is 7.11 Å². The standard InChI is InChI=1S/C9H7BrN2O3/c1-15-6-3-4(9(13)14)2-5-7(6)11-12-8(5)10/h2-3H,1H3,(H,11,12)(H,13,14). The second-order valence-corrected chi connectivity index (χ2v) is 3.71. The van der Waals surface area contributed by atoms with Crippen molar-refractivity contribution >= 4 is 32.8 Å². The van der Waals surface area contributed by atoms with Crippen molar-refractivity contribution in [1.29, 1.82) is 0 Å². The molecule has 0 aliphatic heterocycles. The van der Waals surface area contributed by atoms with Crippen LogP contribution in [0, 0.1) is 0 Å². The number of nitrogens with one attached hydrogen (secondary N) is 1. The molecule has 1 heterocycles. The van der Waals surface area contributed by atoms with Crippen LogP contribution in [-0.2, 0) is 0 Å². The molecular formula is C9H7BrN2O3. The van der Waals surface area contributed by atoms with Crippen LogP contribution in [0.1, 0.15) is 10.4 Å². The predicted octanol–water partition coefficient (Wildman–Crippen LogP) is 2.03. The molecule has 0 atom stereocenters. The van der Waals surface area contributed by atoms with Crippen LogP contribution in [0.15, 0.2) is 16.7 Å². The van der Waals surface area contributed by atoms with Crippen LogP contribution in [-0.4, -0.2) is 28.4 Å². The lowest BCUT2D eigenvalue weighted by Crippen LogP contribution is -1.97. The highest BCUT2D eigenvalue weighted by Crippen LogP contribution is 2.30. The van der Waals surface area contributed by atoms with Gasteiger partial charge in [0.1, 0.15) is 15.9 Å². The Labute approximate surface area is 93.2 Å². The molecule has 0 aliphatic rings. The molecule has 5 nitrogen and oxygen atoms in total. The van der Waals surface area contributed by atoms with Gasteiger partial charge in [-0.3, -0.25) is 5.10 Å². The van der Waals surface area contributed by atoms with E-state index < -0.39 is 5.97 Å². The van der Waals surface area contributed by atoms with E-state index in [0.29, 0.717) is 21.3 Å². The Kier molecular flexibility index (Phi) is 2.36. The van der Waals surface area contributed by atoms with E-state index in [1.54, 1.807) is 0 Å². The molecule has 78 valence electrons. The molecule has 1 aromatic heterocycles. The van der Waals surface area contributed by atoms with Gasteiger partial charge < -0.3 is 9.84 Å². The molecule has 0 amide bonds. The molecule has 15 heavy (non-hydrogen) atoms. The van der Waals surface area contributed by atoms with Crippen LogP contribution in [0.2, 0.25) is 0 Å². The van der Waals surface area contributed by atoms with Gasteiger partial charge in [0.25, 0.3) is 0 Å². The number of carbonyl (C=O) groups is 1. The third kappa shape index (κ3) is 1.56. The van der Waals surface area contributed by atoms with Crippen molar-refractivity contribution in [3.05, 3.63) is 22.3 Å². The minimum absolute atomic E-state index is 0.168. The monoisotopic (exact) mass is 270 g/mol. The molecular weight excluding hydrogens is 264 g/mol. The number of H-pyrrole nitrogens is 1. The topological polar surface area (TPSA) is 75.2 Å². The minimum atomic E-state index is -0.997. The van der Waals surface area contributed by atoms with E-state index in [0.717, 1.165) is 0 Å². The SMILES string of the molecule is COc1cc(C(=O)O)cc2c(Br)[nH]nc12. The van der Waals surface area contributed by atoms with Gasteiger partial charge in [0.15, 0.2) is 0 Å². The normalized spacial score (nSPS) is 10.5. The van der Waals surface area contributed by atoms with Crippen molar-refractivity contribution in [1.82, 2.24) is 10.2 Å². The average molecular weight is 271 g/mol. The Hall–Kier alpha value is -1.56. The second kappa shape index (κ2) is 3.54. The van der Waals surface area contributed by atoms with E-state index in [1.807, 2.05) is 0 Å². The Morgan fingerprint density at radius 2 is 2.33 bits per heavy atom. The zero-order valence-corrected chi connectivity index (χ0v) is 9.33. The molecule has 0 fully saturated rings. The second-order valence-electron chi connectivity index (χ2n) is 2.92. The largest absolute Gasteiger partial charge is 0.494 e. The fourth-order valence-electron chi connectivity index (χ4n) is 1.33. The molecule has 0 unspecified atom stereocenters. The number of methoxy groups -OCH3 is 1. The van der Waals surface area contributed by atoms with E-state index in [2.05, 4.69) is 26.1 Å². The molecule has 2 aromatic rings. The quantitative estimate of drug-likeness (QED) is 0.876. The van der Waals surface area contributed by atoms with E-state index in [-0.39, 0.29) is 5.56 Å². The van der Waals surface area contributed by atoms with Gasteiger partial charge in [0, 0.05) is 5.39 Å². The summed E-state index contributed by atoms with van der Waals surface area (Å²) in [6.45, 7) is 0. The summed E-state index contributed by atoms with van der Waals surface area (Å²) in [5, 5.41) is 16.3. The summed E-state index contributed by atoms with van der Waals surface area (Å²) in [4.78, 5) is 10.8. The first-order chi connectivity index (χ1) is 7.13. The molecule has 0 radical (unpaired) electrons. The summed E-state index contributed by atoms with van der Waals surface area (Å²) >= 11 is 3.25.